The number of carboxylic acid groups (broad SMARTS) is 1. The fourth-order valence-corrected chi connectivity index (χ4v) is 7.70. The lowest BCUT2D eigenvalue weighted by Crippen LogP contribution is -2.42. The van der Waals surface area contributed by atoms with Crippen molar-refractivity contribution in [3.05, 3.63) is 64.0 Å². The Morgan fingerprint density at radius 1 is 1.19 bits per heavy atom. The van der Waals surface area contributed by atoms with E-state index in [0.29, 0.717) is 42.1 Å². The summed E-state index contributed by atoms with van der Waals surface area (Å²) in [4.78, 5) is 12.0. The molecule has 2 heterocycles. The second-order valence-electron chi connectivity index (χ2n) is 11.1. The van der Waals surface area contributed by atoms with E-state index in [1.165, 1.54) is 15.6 Å². The second-order valence-corrected chi connectivity index (χ2v) is 14.5. The maximum absolute atomic E-state index is 13.0. The Bertz CT molecular complexity index is 1510. The van der Waals surface area contributed by atoms with Gasteiger partial charge in [-0.1, -0.05) is 35.9 Å². The summed E-state index contributed by atoms with van der Waals surface area (Å²) < 4.78 is 38.7. The smallest absolute Gasteiger partial charge is 0.341 e. The van der Waals surface area contributed by atoms with Crippen LogP contribution in [0.2, 0.25) is 5.02 Å². The highest BCUT2D eigenvalue weighted by Gasteiger charge is 2.30. The van der Waals surface area contributed by atoms with Gasteiger partial charge in [0.05, 0.1) is 16.2 Å². The Balaban J connectivity index is 1.46. The van der Waals surface area contributed by atoms with Crippen molar-refractivity contribution in [2.75, 3.05) is 30.7 Å². The van der Waals surface area contributed by atoms with E-state index in [1.807, 2.05) is 24.3 Å². The van der Waals surface area contributed by atoms with Crippen LogP contribution in [0, 0.1) is 0 Å². The molecule has 0 radical (unpaired) electrons. The number of nitrogens with zero attached hydrogens (tertiary/aromatic N) is 1. The van der Waals surface area contributed by atoms with Crippen LogP contribution in [-0.4, -0.2) is 60.2 Å². The summed E-state index contributed by atoms with van der Waals surface area (Å²) >= 11 is 7.83. The molecular formula is C29H36ClN3O7S2. The molecule has 0 amide bonds. The van der Waals surface area contributed by atoms with Gasteiger partial charge in [0.25, 0.3) is 0 Å². The van der Waals surface area contributed by atoms with Gasteiger partial charge in [-0.25, -0.2) is 17.5 Å². The largest absolute Gasteiger partial charge is 0.479 e. The molecular weight excluding hydrogens is 602 g/mol. The van der Waals surface area contributed by atoms with Crippen LogP contribution < -0.4 is 15.8 Å². The van der Waals surface area contributed by atoms with Crippen molar-refractivity contribution < 1.29 is 32.9 Å². The molecule has 5 N–H and O–H groups in total. The van der Waals surface area contributed by atoms with Crippen LogP contribution >= 0.6 is 22.9 Å². The number of aliphatic hydroxyl groups excluding tert-OH is 1. The minimum atomic E-state index is -3.47. The van der Waals surface area contributed by atoms with Crippen molar-refractivity contribution in [3.8, 4) is 16.2 Å². The minimum Gasteiger partial charge on any atom is -0.479 e. The number of piperidine rings is 1. The zero-order valence-electron chi connectivity index (χ0n) is 23.7. The maximum Gasteiger partial charge on any atom is 0.341 e. The Labute approximate surface area is 255 Å². The number of benzene rings is 2. The van der Waals surface area contributed by atoms with E-state index in [2.05, 4.69) is 5.32 Å². The van der Waals surface area contributed by atoms with Gasteiger partial charge in [0.1, 0.15) is 9.90 Å². The zero-order chi connectivity index (χ0) is 30.7. The number of hydrogen-bond donors (Lipinski definition) is 4. The Morgan fingerprint density at radius 3 is 2.52 bits per heavy atom. The van der Waals surface area contributed by atoms with Crippen molar-refractivity contribution in [2.45, 2.75) is 57.3 Å². The number of nitrogens with two attached hydrogens (primary N) is 1. The summed E-state index contributed by atoms with van der Waals surface area (Å²) in [5.74, 6) is -1.19. The van der Waals surface area contributed by atoms with Gasteiger partial charge >= 0.3 is 5.97 Å². The number of carboxylic acids is 1. The number of halogens is 1. The molecule has 13 heteroatoms. The summed E-state index contributed by atoms with van der Waals surface area (Å²) in [6.07, 6.45) is -0.103. The van der Waals surface area contributed by atoms with E-state index in [1.54, 1.807) is 45.0 Å². The molecule has 1 fully saturated rings. The molecule has 1 atom stereocenters. The van der Waals surface area contributed by atoms with Crippen LogP contribution in [0.25, 0.3) is 10.4 Å². The number of sulfonamides is 1. The summed E-state index contributed by atoms with van der Waals surface area (Å²) in [6.45, 7) is 5.55. The minimum absolute atomic E-state index is 0.0601. The number of rotatable bonds is 11. The highest BCUT2D eigenvalue weighted by atomic mass is 35.5. The molecule has 42 heavy (non-hydrogen) atoms. The summed E-state index contributed by atoms with van der Waals surface area (Å²) in [7, 11) is -3.47. The van der Waals surface area contributed by atoms with E-state index in [4.69, 9.17) is 31.9 Å². The lowest BCUT2D eigenvalue weighted by molar-refractivity contribution is -0.168. The first-order valence-corrected chi connectivity index (χ1v) is 16.2. The van der Waals surface area contributed by atoms with Crippen molar-refractivity contribution in [3.63, 3.8) is 0 Å². The first-order valence-electron chi connectivity index (χ1n) is 13.4. The number of aliphatic hydroxyl groups is 1. The number of ether oxygens (including phenoxy) is 2. The van der Waals surface area contributed by atoms with E-state index in [0.717, 1.165) is 11.3 Å². The Hall–Kier alpha value is -2.87. The van der Waals surface area contributed by atoms with Gasteiger partial charge in [0, 0.05) is 30.5 Å². The third-order valence-corrected chi connectivity index (χ3v) is 10.1. The molecule has 3 aromatic rings. The fourth-order valence-electron chi connectivity index (χ4n) is 4.67. The first kappa shape index (κ1) is 32.1. The maximum atomic E-state index is 13.0. The van der Waals surface area contributed by atoms with Gasteiger partial charge < -0.3 is 30.7 Å². The molecule has 0 saturated carbocycles. The van der Waals surface area contributed by atoms with E-state index in [-0.39, 0.29) is 27.4 Å². The van der Waals surface area contributed by atoms with Crippen LogP contribution in [0.4, 0.5) is 11.4 Å². The summed E-state index contributed by atoms with van der Waals surface area (Å²) in [5.41, 5.74) is 7.89. The quantitative estimate of drug-likeness (QED) is 0.162. The molecule has 1 aromatic heterocycles. The van der Waals surface area contributed by atoms with Crippen LogP contribution in [0.5, 0.6) is 5.75 Å². The van der Waals surface area contributed by atoms with Crippen LogP contribution in [0.15, 0.2) is 48.5 Å². The molecule has 1 unspecified atom stereocenters. The molecule has 1 saturated heterocycles. The highest BCUT2D eigenvalue weighted by Crippen LogP contribution is 2.49. The number of thiophene rings is 1. The SMILES string of the molecule is CC(C)(C)OC(O)c1sc(-c2cccc(NC3CCN(S(=O)(=O)Cc4cccc(N)c4)CC3)c2)c(Cl)c1OCC(=O)O. The molecule has 4 rings (SSSR count). The van der Waals surface area contributed by atoms with Crippen molar-refractivity contribution in [1.82, 2.24) is 4.31 Å². The third kappa shape index (κ3) is 8.36. The molecule has 0 bridgehead atoms. The number of hydrogen-bond acceptors (Lipinski definition) is 9. The van der Waals surface area contributed by atoms with Crippen LogP contribution in [0.1, 0.15) is 50.3 Å². The zero-order valence-corrected chi connectivity index (χ0v) is 26.1. The van der Waals surface area contributed by atoms with E-state index < -0.39 is 34.5 Å². The predicted molar refractivity (Wildman–Crippen MR) is 165 cm³/mol. The van der Waals surface area contributed by atoms with E-state index in [9.17, 15) is 18.3 Å². The number of carbonyl (C=O) groups is 1. The lowest BCUT2D eigenvalue weighted by Gasteiger charge is -2.32. The number of nitrogen functional groups attached to an aromatic ring is 1. The molecule has 228 valence electrons. The van der Waals surface area contributed by atoms with Gasteiger partial charge in [-0.05, 0) is 69.0 Å². The standard InChI is InChI=1S/C29H36ClN3O7S2/c1-29(2,3)40-28(36)27-25(39-16-23(34)35)24(30)26(41-27)19-7-5-9-22(15-19)32-21-10-12-33(13-11-21)42(37,38)17-18-6-4-8-20(31)14-18/h4-9,14-15,21,28,32,36H,10-13,16-17,31H2,1-3H3,(H,34,35). The van der Waals surface area contributed by atoms with Crippen molar-refractivity contribution >= 4 is 50.3 Å². The Kier molecular flexibility index (Phi) is 10.1. The van der Waals surface area contributed by atoms with Crippen LogP contribution in [-0.2, 0) is 25.3 Å². The summed E-state index contributed by atoms with van der Waals surface area (Å²) in [5, 5.41) is 23.6. The van der Waals surface area contributed by atoms with Gasteiger partial charge in [-0.3, -0.25) is 0 Å². The molecule has 1 aliphatic rings. The molecule has 10 nitrogen and oxygen atoms in total. The highest BCUT2D eigenvalue weighted by molar-refractivity contribution is 7.88. The van der Waals surface area contributed by atoms with E-state index >= 15 is 0 Å². The average Bonchev–Trinajstić information content (AvgIpc) is 3.23. The van der Waals surface area contributed by atoms with Crippen molar-refractivity contribution in [1.29, 1.82) is 0 Å². The molecule has 2 aromatic carbocycles. The fraction of sp³-hybridized carbons (Fsp3) is 0.414. The van der Waals surface area contributed by atoms with Gasteiger partial charge in [0.2, 0.25) is 10.0 Å². The monoisotopic (exact) mass is 637 g/mol. The second kappa shape index (κ2) is 13.2. The number of anilines is 2. The lowest BCUT2D eigenvalue weighted by atomic mass is 10.1. The van der Waals surface area contributed by atoms with Gasteiger partial charge in [-0.2, -0.15) is 0 Å². The Morgan fingerprint density at radius 2 is 1.88 bits per heavy atom. The molecule has 0 spiro atoms. The number of aliphatic carboxylic acids is 1. The molecule has 1 aliphatic heterocycles. The summed E-state index contributed by atoms with van der Waals surface area (Å²) in [6, 6.07) is 14.5. The first-order chi connectivity index (χ1) is 19.7. The van der Waals surface area contributed by atoms with Crippen molar-refractivity contribution in [2.24, 2.45) is 0 Å². The average molecular weight is 638 g/mol. The number of nitrogens with one attached hydrogen (secondary N) is 1. The molecule has 0 aliphatic carbocycles. The third-order valence-electron chi connectivity index (χ3n) is 6.51. The van der Waals surface area contributed by atoms with Gasteiger partial charge in [-0.15, -0.1) is 11.3 Å². The predicted octanol–water partition coefficient (Wildman–Crippen LogP) is 5.33. The normalized spacial score (nSPS) is 15.8. The van der Waals surface area contributed by atoms with Gasteiger partial charge in [0.15, 0.2) is 18.6 Å². The topological polar surface area (TPSA) is 151 Å². The van der Waals surface area contributed by atoms with Crippen LogP contribution in [0.3, 0.4) is 0 Å².